The molecule has 1 aliphatic carbocycles. The van der Waals surface area contributed by atoms with Crippen LogP contribution in [0.25, 0.3) is 0 Å². The second-order valence-corrected chi connectivity index (χ2v) is 8.46. The van der Waals surface area contributed by atoms with Gasteiger partial charge in [-0.15, -0.1) is 0 Å². The molecule has 1 aliphatic heterocycles. The molecule has 1 saturated carbocycles. The van der Waals surface area contributed by atoms with Gasteiger partial charge < -0.3 is 15.1 Å². The Morgan fingerprint density at radius 3 is 2.56 bits per heavy atom. The molecule has 1 saturated heterocycles. The van der Waals surface area contributed by atoms with E-state index in [-0.39, 0.29) is 11.4 Å². The number of nitrogens with zero attached hydrogens (tertiary/aromatic N) is 2. The van der Waals surface area contributed by atoms with Crippen molar-refractivity contribution in [2.24, 2.45) is 10.4 Å². The lowest BCUT2D eigenvalue weighted by Crippen LogP contribution is -3.15. The molecule has 2 aliphatic rings. The number of quaternary nitrogens is 1. The topological polar surface area (TPSA) is 66.2 Å². The smallest absolute Gasteiger partial charge is 0.322 e. The Kier molecular flexibility index (Phi) is 6.26. The first-order chi connectivity index (χ1) is 12.9. The molecule has 0 radical (unpaired) electrons. The van der Waals surface area contributed by atoms with Crippen LogP contribution in [0.1, 0.15) is 33.1 Å². The molecule has 0 aromatic heterocycles. The van der Waals surface area contributed by atoms with E-state index in [1.807, 2.05) is 35.2 Å². The summed E-state index contributed by atoms with van der Waals surface area (Å²) < 4.78 is 0. The van der Waals surface area contributed by atoms with Gasteiger partial charge in [-0.3, -0.25) is 9.79 Å². The largest absolute Gasteiger partial charge is 0.330 e. The summed E-state index contributed by atoms with van der Waals surface area (Å²) in [4.78, 5) is 32.3. The van der Waals surface area contributed by atoms with Gasteiger partial charge in [0, 0.05) is 24.2 Å². The molecule has 6 nitrogen and oxygen atoms in total. The molecule has 0 spiro atoms. The molecule has 2 amide bonds. The summed E-state index contributed by atoms with van der Waals surface area (Å²) in [7, 11) is 0. The van der Waals surface area contributed by atoms with Crippen LogP contribution in [0.5, 0.6) is 0 Å². The maximum atomic E-state index is 12.3. The van der Waals surface area contributed by atoms with Gasteiger partial charge in [0.2, 0.25) is 0 Å². The van der Waals surface area contributed by atoms with Crippen molar-refractivity contribution in [2.75, 3.05) is 44.6 Å². The van der Waals surface area contributed by atoms with Crippen molar-refractivity contribution >= 4 is 23.2 Å². The standard InChI is InChI=1S/C21H30N4O2/c1-21(2)15-18(14-19(26)16-21)22-8-9-24-10-12-25(13-11-24)20(27)23-17-6-4-3-5-7-17/h3-7H,8-16H2,1-2H3,(H,23,27)/p+1. The lowest BCUT2D eigenvalue weighted by molar-refractivity contribution is -0.902. The second-order valence-electron chi connectivity index (χ2n) is 8.46. The summed E-state index contributed by atoms with van der Waals surface area (Å²) in [5.74, 6) is 0.315. The SMILES string of the molecule is CC1(C)CC(=O)CC(=NCC[NH+]2CCN(C(=O)Nc3ccccc3)CC2)C1. The molecule has 0 unspecified atom stereocenters. The third-order valence-electron chi connectivity index (χ3n) is 5.34. The van der Waals surface area contributed by atoms with Crippen molar-refractivity contribution in [3.05, 3.63) is 30.3 Å². The van der Waals surface area contributed by atoms with Crippen LogP contribution in [0, 0.1) is 5.41 Å². The lowest BCUT2D eigenvalue weighted by atomic mass is 9.76. The maximum Gasteiger partial charge on any atom is 0.322 e. The molecule has 0 atom stereocenters. The fraction of sp³-hybridized carbons (Fsp3) is 0.571. The Morgan fingerprint density at radius 1 is 1.19 bits per heavy atom. The quantitative estimate of drug-likeness (QED) is 0.845. The predicted octanol–water partition coefficient (Wildman–Crippen LogP) is 1.64. The van der Waals surface area contributed by atoms with Gasteiger partial charge in [0.05, 0.1) is 39.3 Å². The van der Waals surface area contributed by atoms with Gasteiger partial charge in [0.15, 0.2) is 0 Å². The Hall–Kier alpha value is -2.21. The van der Waals surface area contributed by atoms with Gasteiger partial charge in [0.25, 0.3) is 0 Å². The predicted molar refractivity (Wildman–Crippen MR) is 108 cm³/mol. The molecule has 27 heavy (non-hydrogen) atoms. The minimum atomic E-state index is -0.0246. The minimum Gasteiger partial charge on any atom is -0.330 e. The first-order valence-corrected chi connectivity index (χ1v) is 9.90. The number of para-hydroxylation sites is 1. The number of anilines is 1. The normalized spacial score (nSPS) is 22.1. The number of hydrogen-bond donors (Lipinski definition) is 2. The van der Waals surface area contributed by atoms with Crippen LogP contribution in [0.2, 0.25) is 0 Å². The van der Waals surface area contributed by atoms with E-state index in [1.54, 1.807) is 0 Å². The first-order valence-electron chi connectivity index (χ1n) is 9.90. The van der Waals surface area contributed by atoms with Crippen LogP contribution in [0.15, 0.2) is 35.3 Å². The Labute approximate surface area is 161 Å². The number of aliphatic imine (C=N–C) groups is 1. The molecule has 1 aromatic carbocycles. The number of nitrogens with one attached hydrogen (secondary N) is 2. The summed E-state index contributed by atoms with van der Waals surface area (Å²) in [6.45, 7) is 9.42. The number of carbonyl (C=O) groups is 2. The number of benzene rings is 1. The van der Waals surface area contributed by atoms with Crippen molar-refractivity contribution in [1.29, 1.82) is 0 Å². The zero-order valence-corrected chi connectivity index (χ0v) is 16.5. The zero-order chi connectivity index (χ0) is 19.3. The molecule has 146 valence electrons. The van der Waals surface area contributed by atoms with E-state index < -0.39 is 0 Å². The van der Waals surface area contributed by atoms with Gasteiger partial charge in [-0.1, -0.05) is 32.0 Å². The highest BCUT2D eigenvalue weighted by Crippen LogP contribution is 2.31. The molecule has 6 heteroatoms. The third kappa shape index (κ3) is 5.89. The molecule has 1 heterocycles. The summed E-state index contributed by atoms with van der Waals surface area (Å²) in [5, 5.41) is 2.95. The van der Waals surface area contributed by atoms with Crippen molar-refractivity contribution in [1.82, 2.24) is 4.90 Å². The van der Waals surface area contributed by atoms with Gasteiger partial charge in [-0.2, -0.15) is 0 Å². The number of ketones is 1. The van der Waals surface area contributed by atoms with Crippen LogP contribution in [0.3, 0.4) is 0 Å². The molecule has 2 fully saturated rings. The van der Waals surface area contributed by atoms with Crippen LogP contribution in [-0.4, -0.2) is 61.7 Å². The zero-order valence-electron chi connectivity index (χ0n) is 16.5. The highest BCUT2D eigenvalue weighted by molar-refractivity contribution is 6.04. The molecule has 3 rings (SSSR count). The van der Waals surface area contributed by atoms with Gasteiger partial charge >= 0.3 is 6.03 Å². The van der Waals surface area contributed by atoms with Crippen molar-refractivity contribution in [3.63, 3.8) is 0 Å². The van der Waals surface area contributed by atoms with Crippen molar-refractivity contribution < 1.29 is 14.5 Å². The number of rotatable bonds is 4. The van der Waals surface area contributed by atoms with E-state index >= 15 is 0 Å². The lowest BCUT2D eigenvalue weighted by Gasteiger charge is -2.32. The Morgan fingerprint density at radius 2 is 1.89 bits per heavy atom. The van der Waals surface area contributed by atoms with E-state index in [4.69, 9.17) is 4.99 Å². The summed E-state index contributed by atoms with van der Waals surface area (Å²) in [6.07, 6.45) is 2.14. The van der Waals surface area contributed by atoms with Crippen molar-refractivity contribution in [3.8, 4) is 0 Å². The average molecular weight is 372 g/mol. The van der Waals surface area contributed by atoms with Gasteiger partial charge in [-0.05, 0) is 24.0 Å². The summed E-state index contributed by atoms with van der Waals surface area (Å²) >= 11 is 0. The van der Waals surface area contributed by atoms with E-state index in [0.29, 0.717) is 18.6 Å². The maximum absolute atomic E-state index is 12.3. The van der Waals surface area contributed by atoms with Crippen LogP contribution < -0.4 is 10.2 Å². The highest BCUT2D eigenvalue weighted by atomic mass is 16.2. The van der Waals surface area contributed by atoms with E-state index in [0.717, 1.165) is 57.1 Å². The average Bonchev–Trinajstić information content (AvgIpc) is 2.61. The fourth-order valence-corrected chi connectivity index (χ4v) is 3.99. The Balaban J connectivity index is 1.40. The minimum absolute atomic E-state index is 0.0246. The Bertz CT molecular complexity index is 691. The van der Waals surface area contributed by atoms with Crippen molar-refractivity contribution in [2.45, 2.75) is 33.1 Å². The molecular weight excluding hydrogens is 340 g/mol. The van der Waals surface area contributed by atoms with Crippen LogP contribution >= 0.6 is 0 Å². The third-order valence-corrected chi connectivity index (χ3v) is 5.34. The first kappa shape index (κ1) is 19.5. The molecule has 1 aromatic rings. The number of carbonyl (C=O) groups excluding carboxylic acids is 2. The van der Waals surface area contributed by atoms with E-state index in [2.05, 4.69) is 19.2 Å². The second kappa shape index (κ2) is 8.65. The molecule has 2 N–H and O–H groups in total. The summed E-state index contributed by atoms with van der Waals surface area (Å²) in [5.41, 5.74) is 1.95. The molecule has 0 bridgehead atoms. The van der Waals surface area contributed by atoms with Crippen LogP contribution in [0.4, 0.5) is 10.5 Å². The van der Waals surface area contributed by atoms with Gasteiger partial charge in [-0.25, -0.2) is 4.79 Å². The van der Waals surface area contributed by atoms with E-state index in [1.165, 1.54) is 4.90 Å². The fourth-order valence-electron chi connectivity index (χ4n) is 3.99. The van der Waals surface area contributed by atoms with Crippen LogP contribution in [-0.2, 0) is 4.79 Å². The number of urea groups is 1. The highest BCUT2D eigenvalue weighted by Gasteiger charge is 2.30. The monoisotopic (exact) mass is 371 g/mol. The number of amides is 2. The van der Waals surface area contributed by atoms with Gasteiger partial charge in [0.1, 0.15) is 5.78 Å². The summed E-state index contributed by atoms with van der Waals surface area (Å²) in [6, 6.07) is 9.54. The molecular formula is C21H31N4O2+. The number of piperazine rings is 1. The number of Topliss-reactive ketones (excluding diaryl/α,β-unsaturated/α-hetero) is 1. The van der Waals surface area contributed by atoms with E-state index in [9.17, 15) is 9.59 Å². The number of hydrogen-bond acceptors (Lipinski definition) is 3.